The second kappa shape index (κ2) is 10.5. The maximum Gasteiger partial charge on any atom is 0.303 e. The summed E-state index contributed by atoms with van der Waals surface area (Å²) >= 11 is 0. The Balaban J connectivity index is 2.49. The van der Waals surface area contributed by atoms with Crippen molar-refractivity contribution in [1.82, 2.24) is 9.88 Å². The molecular weight excluding hydrogens is 388 g/mol. The average Bonchev–Trinajstić information content (AvgIpc) is 2.67. The minimum Gasteiger partial charge on any atom is -0.451 e. The topological polar surface area (TPSA) is 115 Å². The number of ether oxygens (including phenoxy) is 1. The molecule has 1 heterocycles. The van der Waals surface area contributed by atoms with E-state index >= 15 is 0 Å². The van der Waals surface area contributed by atoms with E-state index in [0.29, 0.717) is 11.3 Å². The van der Waals surface area contributed by atoms with Gasteiger partial charge in [0.2, 0.25) is 5.91 Å². The van der Waals surface area contributed by atoms with Gasteiger partial charge in [0.05, 0.1) is 12.3 Å². The molecule has 0 aliphatic carbocycles. The van der Waals surface area contributed by atoms with E-state index in [2.05, 4.69) is 5.32 Å². The van der Waals surface area contributed by atoms with Crippen molar-refractivity contribution in [3.8, 4) is 0 Å². The van der Waals surface area contributed by atoms with E-state index in [1.54, 1.807) is 30.3 Å². The lowest BCUT2D eigenvalue weighted by Crippen LogP contribution is -2.35. The monoisotopic (exact) mass is 414 g/mol. The Morgan fingerprint density at radius 2 is 1.83 bits per heavy atom. The SMILES string of the molecule is CC(=O)O[C@H](c1ccccc1)c1cc(=O)c(C(=O)NC(=O)CC(C)C)cn1CCO. The molecule has 30 heavy (non-hydrogen) atoms. The number of imide groups is 1. The number of amides is 2. The first-order valence-corrected chi connectivity index (χ1v) is 9.64. The fourth-order valence-electron chi connectivity index (χ4n) is 3.00. The zero-order valence-electron chi connectivity index (χ0n) is 17.3. The van der Waals surface area contributed by atoms with Gasteiger partial charge in [0.25, 0.3) is 5.91 Å². The minimum absolute atomic E-state index is 0.0560. The smallest absolute Gasteiger partial charge is 0.303 e. The van der Waals surface area contributed by atoms with Crippen molar-refractivity contribution in [1.29, 1.82) is 0 Å². The number of nitrogens with one attached hydrogen (secondary N) is 1. The Bertz CT molecular complexity index is 965. The summed E-state index contributed by atoms with van der Waals surface area (Å²) in [6, 6.07) is 10.0. The third kappa shape index (κ3) is 6.12. The lowest BCUT2D eigenvalue weighted by Gasteiger charge is -2.22. The van der Waals surface area contributed by atoms with E-state index in [1.807, 2.05) is 13.8 Å². The third-order valence-electron chi connectivity index (χ3n) is 4.25. The molecule has 2 amide bonds. The fourth-order valence-corrected chi connectivity index (χ4v) is 3.00. The summed E-state index contributed by atoms with van der Waals surface area (Å²) in [7, 11) is 0. The second-order valence-electron chi connectivity index (χ2n) is 7.27. The Kier molecular flexibility index (Phi) is 8.06. The van der Waals surface area contributed by atoms with Crippen LogP contribution in [0, 0.1) is 5.92 Å². The summed E-state index contributed by atoms with van der Waals surface area (Å²) in [4.78, 5) is 48.7. The number of pyridine rings is 1. The van der Waals surface area contributed by atoms with Crippen molar-refractivity contribution in [3.63, 3.8) is 0 Å². The van der Waals surface area contributed by atoms with Crippen LogP contribution in [0.2, 0.25) is 0 Å². The van der Waals surface area contributed by atoms with Crippen LogP contribution in [0.4, 0.5) is 0 Å². The molecule has 1 aromatic carbocycles. The van der Waals surface area contributed by atoms with Gasteiger partial charge < -0.3 is 14.4 Å². The van der Waals surface area contributed by atoms with Crippen molar-refractivity contribution in [3.05, 3.63) is 69.6 Å². The lowest BCUT2D eigenvalue weighted by atomic mass is 10.0. The number of benzene rings is 1. The molecule has 0 saturated heterocycles. The van der Waals surface area contributed by atoms with Crippen LogP contribution in [-0.4, -0.2) is 34.1 Å². The molecule has 1 aromatic heterocycles. The summed E-state index contributed by atoms with van der Waals surface area (Å²) in [5.74, 6) is -1.78. The molecule has 0 aliphatic rings. The number of carbonyl (C=O) groups is 3. The van der Waals surface area contributed by atoms with Gasteiger partial charge in [0.1, 0.15) is 5.56 Å². The summed E-state index contributed by atoms with van der Waals surface area (Å²) in [6.07, 6.45) is 0.519. The van der Waals surface area contributed by atoms with Gasteiger partial charge in [-0.25, -0.2) is 0 Å². The number of nitrogens with zero attached hydrogens (tertiary/aromatic N) is 1. The van der Waals surface area contributed by atoms with Crippen LogP contribution in [-0.2, 0) is 20.9 Å². The number of aromatic nitrogens is 1. The molecule has 0 saturated carbocycles. The second-order valence-corrected chi connectivity index (χ2v) is 7.27. The van der Waals surface area contributed by atoms with Crippen LogP contribution in [0.5, 0.6) is 0 Å². The van der Waals surface area contributed by atoms with Gasteiger partial charge in [-0.3, -0.25) is 24.5 Å². The highest BCUT2D eigenvalue weighted by Gasteiger charge is 2.24. The van der Waals surface area contributed by atoms with Crippen molar-refractivity contribution in [2.75, 3.05) is 6.61 Å². The number of hydrogen-bond donors (Lipinski definition) is 2. The minimum atomic E-state index is -0.900. The number of carbonyl (C=O) groups excluding carboxylic acids is 3. The molecular formula is C22H26N2O6. The number of rotatable bonds is 8. The maximum atomic E-state index is 12.7. The van der Waals surface area contributed by atoms with E-state index in [-0.39, 0.29) is 31.1 Å². The lowest BCUT2D eigenvalue weighted by molar-refractivity contribution is -0.145. The van der Waals surface area contributed by atoms with E-state index < -0.39 is 29.3 Å². The van der Waals surface area contributed by atoms with Gasteiger partial charge in [0, 0.05) is 32.2 Å². The van der Waals surface area contributed by atoms with Gasteiger partial charge in [-0.05, 0) is 11.5 Å². The normalized spacial score (nSPS) is 11.8. The number of esters is 1. The summed E-state index contributed by atoms with van der Waals surface area (Å²) in [6.45, 7) is 4.72. The van der Waals surface area contributed by atoms with Crippen molar-refractivity contribution < 1.29 is 24.2 Å². The molecule has 1 atom stereocenters. The number of aliphatic hydroxyl groups excluding tert-OH is 1. The molecule has 8 nitrogen and oxygen atoms in total. The van der Waals surface area contributed by atoms with Gasteiger partial charge in [-0.15, -0.1) is 0 Å². The first-order chi connectivity index (χ1) is 14.2. The Labute approximate surface area is 174 Å². The predicted molar refractivity (Wildman–Crippen MR) is 110 cm³/mol. The van der Waals surface area contributed by atoms with Crippen LogP contribution in [0.15, 0.2) is 47.4 Å². The standard InChI is InChI=1S/C22H26N2O6/c1-14(2)11-20(28)23-22(29)17-13-24(9-10-25)18(12-19(17)27)21(30-15(3)26)16-7-5-4-6-8-16/h4-8,12-14,21,25H,9-11H2,1-3H3,(H,23,28,29)/t21-/m1/s1. The highest BCUT2D eigenvalue weighted by atomic mass is 16.5. The number of aliphatic hydroxyl groups is 1. The van der Waals surface area contributed by atoms with Crippen LogP contribution in [0.1, 0.15) is 54.9 Å². The zero-order chi connectivity index (χ0) is 22.3. The molecule has 0 spiro atoms. The van der Waals surface area contributed by atoms with Crippen LogP contribution in [0.3, 0.4) is 0 Å². The zero-order valence-corrected chi connectivity index (χ0v) is 17.3. The molecule has 2 aromatic rings. The molecule has 160 valence electrons. The van der Waals surface area contributed by atoms with Crippen LogP contribution in [0.25, 0.3) is 0 Å². The summed E-state index contributed by atoms with van der Waals surface area (Å²) < 4.78 is 6.91. The first-order valence-electron chi connectivity index (χ1n) is 9.64. The van der Waals surface area contributed by atoms with Gasteiger partial charge in [-0.2, -0.15) is 0 Å². The molecule has 0 unspecified atom stereocenters. The van der Waals surface area contributed by atoms with Gasteiger partial charge in [-0.1, -0.05) is 44.2 Å². The van der Waals surface area contributed by atoms with E-state index in [9.17, 15) is 24.3 Å². The average molecular weight is 414 g/mol. The molecule has 0 radical (unpaired) electrons. The Morgan fingerprint density at radius 3 is 2.40 bits per heavy atom. The molecule has 2 N–H and O–H groups in total. The van der Waals surface area contributed by atoms with Gasteiger partial charge >= 0.3 is 5.97 Å². The van der Waals surface area contributed by atoms with E-state index in [0.717, 1.165) is 0 Å². The first kappa shape index (κ1) is 23.0. The largest absolute Gasteiger partial charge is 0.451 e. The Hall–Kier alpha value is -3.26. The quantitative estimate of drug-likeness (QED) is 0.637. The van der Waals surface area contributed by atoms with Crippen LogP contribution >= 0.6 is 0 Å². The third-order valence-corrected chi connectivity index (χ3v) is 4.25. The van der Waals surface area contributed by atoms with Crippen molar-refractivity contribution in [2.45, 2.75) is 39.8 Å². The van der Waals surface area contributed by atoms with E-state index in [4.69, 9.17) is 4.74 Å². The van der Waals surface area contributed by atoms with Crippen LogP contribution < -0.4 is 10.7 Å². The molecule has 8 heteroatoms. The molecule has 0 bridgehead atoms. The Morgan fingerprint density at radius 1 is 1.17 bits per heavy atom. The number of hydrogen-bond acceptors (Lipinski definition) is 6. The highest BCUT2D eigenvalue weighted by molar-refractivity contribution is 6.04. The maximum absolute atomic E-state index is 12.7. The molecule has 2 rings (SSSR count). The fraction of sp³-hybridized carbons (Fsp3) is 0.364. The summed E-state index contributed by atoms with van der Waals surface area (Å²) in [5.41, 5.74) is 0.0738. The van der Waals surface area contributed by atoms with Crippen molar-refractivity contribution in [2.24, 2.45) is 5.92 Å². The molecule has 0 aliphatic heterocycles. The summed E-state index contributed by atoms with van der Waals surface area (Å²) in [5, 5.41) is 11.7. The van der Waals surface area contributed by atoms with Crippen molar-refractivity contribution >= 4 is 17.8 Å². The van der Waals surface area contributed by atoms with E-state index in [1.165, 1.54) is 23.8 Å². The predicted octanol–water partition coefficient (Wildman–Crippen LogP) is 1.80. The molecule has 0 fully saturated rings. The highest BCUT2D eigenvalue weighted by Crippen LogP contribution is 2.25. The van der Waals surface area contributed by atoms with Gasteiger partial charge in [0.15, 0.2) is 11.5 Å².